The molecule has 0 aliphatic rings. The second-order valence-corrected chi connectivity index (χ2v) is 26.5. The molecule has 0 bridgehead atoms. The maximum atomic E-state index is 6.65. The summed E-state index contributed by atoms with van der Waals surface area (Å²) < 4.78 is 12.1. The van der Waals surface area contributed by atoms with Crippen molar-refractivity contribution in [1.29, 1.82) is 0 Å². The van der Waals surface area contributed by atoms with Gasteiger partial charge in [0, 0.05) is 43.5 Å². The van der Waals surface area contributed by atoms with E-state index in [4.69, 9.17) is 4.42 Å². The molecule has 0 saturated heterocycles. The summed E-state index contributed by atoms with van der Waals surface area (Å²) in [5.41, 5.74) is 13.1. The fraction of sp³-hybridized carbons (Fsp3) is 0.191. The van der Waals surface area contributed by atoms with E-state index in [2.05, 4.69) is 164 Å². The molecular formula is C47H50GeIrN2O-2. The van der Waals surface area contributed by atoms with Crippen molar-refractivity contribution in [2.24, 2.45) is 5.41 Å². The van der Waals surface area contributed by atoms with Crippen LogP contribution in [0.1, 0.15) is 43.0 Å². The summed E-state index contributed by atoms with van der Waals surface area (Å²) in [6.07, 6.45) is 5.29. The van der Waals surface area contributed by atoms with Gasteiger partial charge < -0.3 is 8.98 Å². The number of furan rings is 1. The zero-order chi connectivity index (χ0) is 36.7. The topological polar surface area (TPSA) is 20.9 Å². The number of aromatic nitrogens is 2. The molecule has 0 aliphatic carbocycles. The van der Waals surface area contributed by atoms with Crippen LogP contribution in [0.5, 0.6) is 0 Å². The summed E-state index contributed by atoms with van der Waals surface area (Å²) in [4.78, 5) is 0. The first kappa shape index (κ1) is 38.9. The van der Waals surface area contributed by atoms with E-state index < -0.39 is 13.3 Å². The molecule has 7 rings (SSSR count). The van der Waals surface area contributed by atoms with E-state index in [1.165, 1.54) is 15.5 Å². The van der Waals surface area contributed by atoms with E-state index in [9.17, 15) is 0 Å². The minimum absolute atomic E-state index is 0. The Labute approximate surface area is 327 Å². The summed E-state index contributed by atoms with van der Waals surface area (Å²) in [6, 6.07) is 35.9. The van der Waals surface area contributed by atoms with Crippen molar-refractivity contribution in [1.82, 2.24) is 0 Å². The molecule has 0 N–H and O–H groups in total. The van der Waals surface area contributed by atoms with Gasteiger partial charge in [0.25, 0.3) is 0 Å². The molecule has 0 amide bonds. The Hall–Kier alpha value is -4.35. The molecule has 269 valence electrons. The number of aryl methyl sites for hydroxylation is 1. The van der Waals surface area contributed by atoms with Crippen molar-refractivity contribution in [2.75, 3.05) is 0 Å². The van der Waals surface area contributed by atoms with Gasteiger partial charge in [-0.1, -0.05) is 86.5 Å². The molecule has 3 heterocycles. The molecule has 0 saturated carbocycles. The Morgan fingerprint density at radius 3 is 1.94 bits per heavy atom. The Bertz CT molecular complexity index is 2360. The van der Waals surface area contributed by atoms with Crippen LogP contribution in [0, 0.1) is 40.3 Å². The van der Waals surface area contributed by atoms with Crippen LogP contribution in [-0.4, -0.2) is 13.3 Å². The number of hydrogen-bond donors (Lipinski definition) is 0. The van der Waals surface area contributed by atoms with Gasteiger partial charge >= 0.3 is 113 Å². The van der Waals surface area contributed by atoms with E-state index >= 15 is 0 Å². The Balaban J connectivity index is 0.000000234. The minimum Gasteiger partial charge on any atom is 0 e. The molecule has 1 radical (unpaired) electrons. The second kappa shape index (κ2) is 15.3. The van der Waals surface area contributed by atoms with Crippen molar-refractivity contribution in [3.05, 3.63) is 166 Å². The second-order valence-electron chi connectivity index (χ2n) is 15.9. The van der Waals surface area contributed by atoms with Crippen LogP contribution in [0.15, 0.2) is 120 Å². The molecule has 3 aromatic heterocycles. The third-order valence-electron chi connectivity index (χ3n) is 9.48. The van der Waals surface area contributed by atoms with Gasteiger partial charge in [-0.2, -0.15) is 18.6 Å². The third kappa shape index (κ3) is 8.15. The monoisotopic (exact) mass is 925 g/mol. The maximum absolute atomic E-state index is 6.65. The van der Waals surface area contributed by atoms with Crippen LogP contribution in [0.4, 0.5) is 0 Å². The number of hydrogen-bond acceptors (Lipinski definition) is 1. The normalized spacial score (nSPS) is 11.6. The number of rotatable bonds is 5. The van der Waals surface area contributed by atoms with Crippen LogP contribution < -0.4 is 13.5 Å². The first-order valence-corrected chi connectivity index (χ1v) is 25.0. The molecule has 3 nitrogen and oxygen atoms in total. The summed E-state index contributed by atoms with van der Waals surface area (Å²) in [7, 11) is 8.44. The van der Waals surface area contributed by atoms with Gasteiger partial charge in [-0.3, -0.25) is 0 Å². The van der Waals surface area contributed by atoms with Crippen LogP contribution in [0.3, 0.4) is 0 Å². The van der Waals surface area contributed by atoms with Crippen LogP contribution in [0.2, 0.25) is 17.3 Å². The van der Waals surface area contributed by atoms with Crippen molar-refractivity contribution >= 4 is 39.6 Å². The Morgan fingerprint density at radius 2 is 1.29 bits per heavy atom. The van der Waals surface area contributed by atoms with Gasteiger partial charge in [0.05, 0.1) is 17.5 Å². The first-order valence-electron chi connectivity index (χ1n) is 17.6. The number of para-hydroxylation sites is 1. The summed E-state index contributed by atoms with van der Waals surface area (Å²) in [5.74, 6) is 7.18. The van der Waals surface area contributed by atoms with Crippen molar-refractivity contribution in [3.8, 4) is 33.6 Å². The molecule has 5 heteroatoms. The fourth-order valence-corrected chi connectivity index (χ4v) is 9.12. The van der Waals surface area contributed by atoms with Crippen LogP contribution in [-0.2, 0) is 26.5 Å². The van der Waals surface area contributed by atoms with E-state index in [1.807, 2.05) is 33.4 Å². The van der Waals surface area contributed by atoms with Gasteiger partial charge in [0.1, 0.15) is 5.58 Å². The van der Waals surface area contributed by atoms with Gasteiger partial charge in [-0.15, -0.1) is 6.07 Å². The molecule has 7 aromatic rings. The molecular weight excluding hydrogens is 873 g/mol. The molecule has 52 heavy (non-hydrogen) atoms. The summed E-state index contributed by atoms with van der Waals surface area (Å²) in [5, 5.41) is 2.22. The summed E-state index contributed by atoms with van der Waals surface area (Å²) >= 11 is -1.78. The Morgan fingerprint density at radius 1 is 0.654 bits per heavy atom. The van der Waals surface area contributed by atoms with Gasteiger partial charge in [0.15, 0.2) is 0 Å². The van der Waals surface area contributed by atoms with Crippen molar-refractivity contribution < 1.29 is 33.7 Å². The van der Waals surface area contributed by atoms with Gasteiger partial charge in [-0.05, 0) is 29.9 Å². The SMILES string of the molecule is [CH2-]c1ccc2c(oc3c(-c4ccccc4)cccc32)c1-c1cc(CC(C)(C)C)c(C)c[n+]1[CH2-].[CH2-]c1ccccc1-c1cc[c]([Ge]([CH3])([CH3])[CH3])c[n+]1[CH2-].[Ir]. The maximum Gasteiger partial charge on any atom is 0 e. The molecule has 0 spiro atoms. The summed E-state index contributed by atoms with van der Waals surface area (Å²) in [6.45, 7) is 17.4. The number of nitrogens with zero attached hydrogens (tertiary/aromatic N) is 2. The average molecular weight is 924 g/mol. The van der Waals surface area contributed by atoms with Crippen LogP contribution in [0.25, 0.3) is 55.6 Å². The fourth-order valence-electron chi connectivity index (χ4n) is 6.76. The van der Waals surface area contributed by atoms with Gasteiger partial charge in [-0.25, -0.2) is 0 Å². The molecule has 0 unspecified atom stereocenters. The molecule has 0 aliphatic heterocycles. The van der Waals surface area contributed by atoms with E-state index in [-0.39, 0.29) is 25.5 Å². The van der Waals surface area contributed by atoms with Crippen molar-refractivity contribution in [2.45, 2.75) is 51.4 Å². The number of benzene rings is 4. The average Bonchev–Trinajstić information content (AvgIpc) is 3.45. The van der Waals surface area contributed by atoms with E-state index in [1.54, 1.807) is 0 Å². The zero-order valence-corrected chi connectivity index (χ0v) is 36.1. The third-order valence-corrected chi connectivity index (χ3v) is 13.7. The van der Waals surface area contributed by atoms with Crippen molar-refractivity contribution in [3.63, 3.8) is 0 Å². The zero-order valence-electron chi connectivity index (χ0n) is 31.6. The van der Waals surface area contributed by atoms with Gasteiger partial charge in [0.2, 0.25) is 0 Å². The largest absolute Gasteiger partial charge is 0 e. The number of pyridine rings is 2. The van der Waals surface area contributed by atoms with E-state index in [0.717, 1.165) is 73.1 Å². The standard InChI is InChI=1S/C31H30NO.C16H20GeN.Ir/c1-20-15-16-26-25-14-10-13-24(22-11-8-7-9-12-22)29(25)33-30(26)28(20)27-17-23(18-31(3,4)5)21(2)19-32(27)6;1-13-8-6-7-9-15(13)16-11-10-14(12-18(16)5)17(2,3)4;/h7-17,19H,1,6,18H2,2-5H3;6-12H,1,5H2,2-4H3;/q2*-1;. The number of fused-ring (bicyclic) bond motifs is 3. The quantitative estimate of drug-likeness (QED) is 0.0957. The molecule has 0 atom stereocenters. The molecule has 0 fully saturated rings. The van der Waals surface area contributed by atoms with E-state index in [0.29, 0.717) is 0 Å². The first-order chi connectivity index (χ1) is 24.1. The molecule has 4 aromatic carbocycles. The predicted molar refractivity (Wildman–Crippen MR) is 218 cm³/mol. The Kier molecular flexibility index (Phi) is 11.5. The van der Waals surface area contributed by atoms with Crippen LogP contribution >= 0.6 is 0 Å². The minimum atomic E-state index is -1.78. The predicted octanol–water partition coefficient (Wildman–Crippen LogP) is 10.9. The smallest absolute Gasteiger partial charge is 0 e.